The molecular formula is C26H39N5O4. The van der Waals surface area contributed by atoms with E-state index < -0.39 is 0 Å². The van der Waals surface area contributed by atoms with Crippen LogP contribution in [0.2, 0.25) is 0 Å². The molecule has 35 heavy (non-hydrogen) atoms. The zero-order valence-electron chi connectivity index (χ0n) is 21.4. The van der Waals surface area contributed by atoms with Gasteiger partial charge in [-0.1, -0.05) is 25.8 Å². The zero-order chi connectivity index (χ0) is 26.4. The van der Waals surface area contributed by atoms with E-state index in [0.29, 0.717) is 30.3 Å². The van der Waals surface area contributed by atoms with E-state index in [1.54, 1.807) is 17.0 Å². The van der Waals surface area contributed by atoms with Gasteiger partial charge >= 0.3 is 0 Å². The Bertz CT molecular complexity index is 910. The molecule has 0 fully saturated rings. The van der Waals surface area contributed by atoms with E-state index in [9.17, 15) is 9.59 Å². The quantitative estimate of drug-likeness (QED) is 0.290. The summed E-state index contributed by atoms with van der Waals surface area (Å²) in [5.41, 5.74) is 3.10. The number of hydrogen-bond acceptors (Lipinski definition) is 7. The molecule has 2 amide bonds. The number of amides is 2. The Hall–Kier alpha value is -3.88. The van der Waals surface area contributed by atoms with Gasteiger partial charge in [-0.3, -0.25) is 9.59 Å². The predicted octanol–water partition coefficient (Wildman–Crippen LogP) is 1.80. The van der Waals surface area contributed by atoms with E-state index in [-0.39, 0.29) is 38.1 Å². The van der Waals surface area contributed by atoms with Gasteiger partial charge in [0.15, 0.2) is 0 Å². The number of rotatable bonds is 17. The highest BCUT2D eigenvalue weighted by atomic mass is 16.5. The van der Waals surface area contributed by atoms with Gasteiger partial charge in [0.2, 0.25) is 11.8 Å². The Balaban J connectivity index is 2.82. The van der Waals surface area contributed by atoms with Gasteiger partial charge in [0, 0.05) is 50.8 Å². The van der Waals surface area contributed by atoms with Gasteiger partial charge in [0.1, 0.15) is 24.7 Å². The van der Waals surface area contributed by atoms with Crippen LogP contribution in [-0.4, -0.2) is 82.1 Å². The molecule has 9 heteroatoms. The third-order valence-corrected chi connectivity index (χ3v) is 5.04. The lowest BCUT2D eigenvalue weighted by Gasteiger charge is -2.26. The molecule has 0 bridgehead atoms. The molecule has 0 saturated carbocycles. The van der Waals surface area contributed by atoms with Crippen LogP contribution in [0.15, 0.2) is 67.7 Å². The molecule has 9 nitrogen and oxygen atoms in total. The second kappa shape index (κ2) is 15.1. The second-order valence-electron chi connectivity index (χ2n) is 7.92. The molecule has 192 valence electrons. The summed E-state index contributed by atoms with van der Waals surface area (Å²) in [5.74, 6) is 0.749. The average Bonchev–Trinajstić information content (AvgIpc) is 2.84. The summed E-state index contributed by atoms with van der Waals surface area (Å²) in [4.78, 5) is 27.3. The first-order chi connectivity index (χ1) is 16.6. The van der Waals surface area contributed by atoms with E-state index in [1.165, 1.54) is 14.1 Å². The van der Waals surface area contributed by atoms with Crippen LogP contribution < -0.4 is 25.4 Å². The van der Waals surface area contributed by atoms with Crippen LogP contribution in [0.3, 0.4) is 0 Å². The standard InChI is InChI=1S/C26H39N5O4/c1-9-10-30(14-20(3)27-6)21(4)17-34-23-11-19(2)12-24(13-23)35-18-22(5)31(15-25(32)28-7)16-26(33)29-8/h9,11-13,27H,1,3-5,10,14-18H2,2,6-8H3,(H,28,32)(H,29,33). The largest absolute Gasteiger partial charge is 0.487 e. The van der Waals surface area contributed by atoms with Crippen molar-refractivity contribution in [3.8, 4) is 11.5 Å². The zero-order valence-corrected chi connectivity index (χ0v) is 21.4. The van der Waals surface area contributed by atoms with Crippen molar-refractivity contribution in [1.82, 2.24) is 25.8 Å². The maximum Gasteiger partial charge on any atom is 0.239 e. The molecule has 0 aliphatic heterocycles. The first-order valence-corrected chi connectivity index (χ1v) is 11.2. The van der Waals surface area contributed by atoms with Crippen molar-refractivity contribution in [2.45, 2.75) is 6.92 Å². The summed E-state index contributed by atoms with van der Waals surface area (Å²) < 4.78 is 11.9. The van der Waals surface area contributed by atoms with Gasteiger partial charge < -0.3 is 35.2 Å². The lowest BCUT2D eigenvalue weighted by Crippen LogP contribution is -2.41. The van der Waals surface area contributed by atoms with Crippen molar-refractivity contribution in [3.05, 3.63) is 73.2 Å². The molecule has 0 aliphatic rings. The number of nitrogens with zero attached hydrogens (tertiary/aromatic N) is 2. The molecule has 3 N–H and O–H groups in total. The van der Waals surface area contributed by atoms with E-state index in [2.05, 4.69) is 42.3 Å². The third kappa shape index (κ3) is 10.7. The summed E-state index contributed by atoms with van der Waals surface area (Å²) in [7, 11) is 4.90. The summed E-state index contributed by atoms with van der Waals surface area (Å²) in [5, 5.41) is 8.13. The number of nitrogens with one attached hydrogen (secondary N) is 3. The van der Waals surface area contributed by atoms with Crippen LogP contribution in [-0.2, 0) is 9.59 Å². The molecule has 1 aromatic rings. The van der Waals surface area contributed by atoms with Crippen LogP contribution in [0.4, 0.5) is 0 Å². The number of aryl methyl sites for hydroxylation is 1. The number of likely N-dealkylation sites (N-methyl/N-ethyl adjacent to an activating group) is 3. The Kier molecular flexibility index (Phi) is 12.6. The predicted molar refractivity (Wildman–Crippen MR) is 140 cm³/mol. The number of carbonyl (C=O) groups is 2. The number of hydrogen-bond donors (Lipinski definition) is 3. The number of carbonyl (C=O) groups excluding carboxylic acids is 2. The first-order valence-electron chi connectivity index (χ1n) is 11.2. The van der Waals surface area contributed by atoms with E-state index >= 15 is 0 Å². The molecule has 0 spiro atoms. The second-order valence-corrected chi connectivity index (χ2v) is 7.92. The van der Waals surface area contributed by atoms with Crippen molar-refractivity contribution >= 4 is 11.8 Å². The molecule has 0 aliphatic carbocycles. The maximum absolute atomic E-state index is 11.8. The molecule has 0 saturated heterocycles. The molecule has 1 aromatic carbocycles. The van der Waals surface area contributed by atoms with Gasteiger partial charge in [-0.25, -0.2) is 0 Å². The van der Waals surface area contributed by atoms with Crippen molar-refractivity contribution in [2.24, 2.45) is 0 Å². The highest BCUT2D eigenvalue weighted by Gasteiger charge is 2.16. The minimum Gasteiger partial charge on any atom is -0.487 e. The lowest BCUT2D eigenvalue weighted by atomic mass is 10.2. The van der Waals surface area contributed by atoms with Gasteiger partial charge in [0.25, 0.3) is 0 Å². The lowest BCUT2D eigenvalue weighted by molar-refractivity contribution is -0.124. The highest BCUT2D eigenvalue weighted by molar-refractivity contribution is 5.81. The third-order valence-electron chi connectivity index (χ3n) is 5.04. The molecule has 0 aromatic heterocycles. The maximum atomic E-state index is 11.8. The highest BCUT2D eigenvalue weighted by Crippen LogP contribution is 2.24. The minimum atomic E-state index is -0.231. The SMILES string of the molecule is C=CCN(CC(=C)NC)C(=C)COc1cc(C)cc(OCC(=C)N(CC(=O)NC)CC(=O)NC)c1. The molecular weight excluding hydrogens is 446 g/mol. The van der Waals surface area contributed by atoms with Gasteiger partial charge in [-0.2, -0.15) is 0 Å². The van der Waals surface area contributed by atoms with Gasteiger partial charge in [-0.05, 0) is 24.6 Å². The smallest absolute Gasteiger partial charge is 0.239 e. The van der Waals surface area contributed by atoms with Crippen LogP contribution in [0.5, 0.6) is 11.5 Å². The average molecular weight is 486 g/mol. The molecule has 1 rings (SSSR count). The Morgan fingerprint density at radius 2 is 1.31 bits per heavy atom. The normalized spacial score (nSPS) is 9.94. The van der Waals surface area contributed by atoms with Crippen LogP contribution in [0, 0.1) is 6.92 Å². The van der Waals surface area contributed by atoms with Gasteiger partial charge in [0.05, 0.1) is 19.6 Å². The van der Waals surface area contributed by atoms with Gasteiger partial charge in [-0.15, -0.1) is 6.58 Å². The van der Waals surface area contributed by atoms with E-state index in [0.717, 1.165) is 17.0 Å². The minimum absolute atomic E-state index is 0.00239. The number of ether oxygens (including phenoxy) is 2. The summed E-state index contributed by atoms with van der Waals surface area (Å²) in [6, 6.07) is 5.56. The van der Waals surface area contributed by atoms with E-state index in [1.807, 2.05) is 31.0 Å². The fourth-order valence-corrected chi connectivity index (χ4v) is 2.95. The summed E-state index contributed by atoms with van der Waals surface area (Å²) in [6.07, 6.45) is 1.80. The molecule has 0 unspecified atom stereocenters. The topological polar surface area (TPSA) is 95.2 Å². The molecule has 0 atom stereocenters. The van der Waals surface area contributed by atoms with Crippen molar-refractivity contribution in [3.63, 3.8) is 0 Å². The van der Waals surface area contributed by atoms with Crippen LogP contribution >= 0.6 is 0 Å². The Morgan fingerprint density at radius 1 is 0.829 bits per heavy atom. The monoisotopic (exact) mass is 485 g/mol. The van der Waals surface area contributed by atoms with E-state index in [4.69, 9.17) is 9.47 Å². The summed E-state index contributed by atoms with van der Waals surface area (Å²) >= 11 is 0. The number of benzene rings is 1. The van der Waals surface area contributed by atoms with Crippen molar-refractivity contribution in [2.75, 3.05) is 60.5 Å². The molecule has 0 heterocycles. The fraction of sp³-hybridized carbons (Fsp3) is 0.385. The van der Waals surface area contributed by atoms with Crippen LogP contribution in [0.25, 0.3) is 0 Å². The Morgan fingerprint density at radius 3 is 1.74 bits per heavy atom. The Labute approximate surface area is 209 Å². The fourth-order valence-electron chi connectivity index (χ4n) is 2.95. The summed E-state index contributed by atoms with van der Waals surface area (Å²) in [6.45, 7) is 19.4. The molecule has 0 radical (unpaired) electrons. The van der Waals surface area contributed by atoms with Crippen molar-refractivity contribution < 1.29 is 19.1 Å². The van der Waals surface area contributed by atoms with Crippen molar-refractivity contribution in [1.29, 1.82) is 0 Å². The van der Waals surface area contributed by atoms with Crippen LogP contribution in [0.1, 0.15) is 5.56 Å². The first kappa shape index (κ1) is 29.2.